The van der Waals surface area contributed by atoms with Gasteiger partial charge in [-0.2, -0.15) is 4.98 Å². The maximum Gasteiger partial charge on any atom is 0.223 e. The summed E-state index contributed by atoms with van der Waals surface area (Å²) >= 11 is 0. The van der Waals surface area contributed by atoms with E-state index >= 15 is 0 Å². The van der Waals surface area contributed by atoms with Gasteiger partial charge in [0, 0.05) is 13.3 Å². The minimum atomic E-state index is 0.479. The van der Waals surface area contributed by atoms with E-state index < -0.39 is 0 Å². The molecule has 0 spiro atoms. The van der Waals surface area contributed by atoms with Crippen molar-refractivity contribution in [3.63, 3.8) is 0 Å². The number of benzene rings is 1. The average molecular weight is 219 g/mol. The number of nitrogen functional groups attached to an aromatic ring is 1. The molecule has 0 aliphatic rings. The summed E-state index contributed by atoms with van der Waals surface area (Å²) in [5.74, 6) is 1.89. The maximum atomic E-state index is 5.73. The largest absolute Gasteiger partial charge is 0.491 e. The second-order valence-electron chi connectivity index (χ2n) is 3.37. The Morgan fingerprint density at radius 2 is 2.19 bits per heavy atom. The first kappa shape index (κ1) is 10.5. The molecule has 1 aromatic heterocycles. The van der Waals surface area contributed by atoms with E-state index in [1.54, 1.807) is 13.0 Å². The number of aryl methyl sites for hydroxylation is 1. The lowest BCUT2D eigenvalue weighted by Crippen LogP contribution is -2.04. The van der Waals surface area contributed by atoms with Crippen LogP contribution < -0.4 is 10.5 Å². The van der Waals surface area contributed by atoms with Gasteiger partial charge in [0.05, 0.1) is 12.3 Å². The van der Waals surface area contributed by atoms with Crippen molar-refractivity contribution in [2.24, 2.45) is 0 Å². The summed E-state index contributed by atoms with van der Waals surface area (Å²) in [6.07, 6.45) is 0.603. The highest BCUT2D eigenvalue weighted by atomic mass is 16.5. The van der Waals surface area contributed by atoms with E-state index in [4.69, 9.17) is 15.0 Å². The molecule has 0 bridgehead atoms. The van der Waals surface area contributed by atoms with Crippen molar-refractivity contribution in [1.29, 1.82) is 0 Å². The zero-order chi connectivity index (χ0) is 11.4. The SMILES string of the molecule is Cc1nc(CCOc2ccccc2N)no1. The van der Waals surface area contributed by atoms with Gasteiger partial charge in [-0.15, -0.1) is 0 Å². The van der Waals surface area contributed by atoms with Gasteiger partial charge in [0.1, 0.15) is 5.75 Å². The third kappa shape index (κ3) is 2.50. The zero-order valence-corrected chi connectivity index (χ0v) is 9.01. The van der Waals surface area contributed by atoms with Crippen LogP contribution in [0.5, 0.6) is 5.75 Å². The fourth-order valence-electron chi connectivity index (χ4n) is 1.31. The lowest BCUT2D eigenvalue weighted by Gasteiger charge is -2.06. The highest BCUT2D eigenvalue weighted by Gasteiger charge is 2.03. The molecule has 2 N–H and O–H groups in total. The van der Waals surface area contributed by atoms with Gasteiger partial charge >= 0.3 is 0 Å². The molecule has 0 amide bonds. The van der Waals surface area contributed by atoms with Crippen LogP contribution in [0.2, 0.25) is 0 Å². The first-order valence-corrected chi connectivity index (χ1v) is 5.02. The Labute approximate surface area is 93.2 Å². The standard InChI is InChI=1S/C11H13N3O2/c1-8-13-11(14-16-8)6-7-15-10-5-3-2-4-9(10)12/h2-5H,6-7,12H2,1H3. The minimum absolute atomic E-state index is 0.479. The summed E-state index contributed by atoms with van der Waals surface area (Å²) in [6.45, 7) is 2.24. The van der Waals surface area contributed by atoms with Gasteiger partial charge in [-0.1, -0.05) is 17.3 Å². The van der Waals surface area contributed by atoms with Gasteiger partial charge in [0.15, 0.2) is 5.82 Å². The summed E-state index contributed by atoms with van der Waals surface area (Å²) in [4.78, 5) is 4.08. The number of hydrogen-bond acceptors (Lipinski definition) is 5. The van der Waals surface area contributed by atoms with Crippen molar-refractivity contribution < 1.29 is 9.26 Å². The van der Waals surface area contributed by atoms with E-state index in [2.05, 4.69) is 10.1 Å². The second-order valence-corrected chi connectivity index (χ2v) is 3.37. The first-order chi connectivity index (χ1) is 7.75. The van der Waals surface area contributed by atoms with Crippen molar-refractivity contribution in [1.82, 2.24) is 10.1 Å². The van der Waals surface area contributed by atoms with E-state index in [-0.39, 0.29) is 0 Å². The van der Waals surface area contributed by atoms with Crippen LogP contribution in [0.15, 0.2) is 28.8 Å². The summed E-state index contributed by atoms with van der Waals surface area (Å²) in [5, 5.41) is 3.77. The van der Waals surface area contributed by atoms with Crippen LogP contribution in [0.3, 0.4) is 0 Å². The fourth-order valence-corrected chi connectivity index (χ4v) is 1.31. The van der Waals surface area contributed by atoms with Crippen LogP contribution in [0, 0.1) is 6.92 Å². The van der Waals surface area contributed by atoms with E-state index in [1.807, 2.05) is 18.2 Å². The van der Waals surface area contributed by atoms with E-state index in [0.29, 0.717) is 36.2 Å². The van der Waals surface area contributed by atoms with Crippen molar-refractivity contribution in [2.45, 2.75) is 13.3 Å². The maximum absolute atomic E-state index is 5.73. The summed E-state index contributed by atoms with van der Waals surface area (Å²) in [5.41, 5.74) is 6.36. The lowest BCUT2D eigenvalue weighted by molar-refractivity contribution is 0.316. The van der Waals surface area contributed by atoms with E-state index in [1.165, 1.54) is 0 Å². The molecule has 0 radical (unpaired) electrons. The van der Waals surface area contributed by atoms with Crippen LogP contribution >= 0.6 is 0 Å². The Morgan fingerprint density at radius 3 is 2.88 bits per heavy atom. The predicted octanol–water partition coefficient (Wildman–Crippen LogP) is 1.58. The molecular weight excluding hydrogens is 206 g/mol. The number of ether oxygens (including phenoxy) is 1. The molecule has 2 rings (SSSR count). The molecule has 5 heteroatoms. The molecule has 5 nitrogen and oxygen atoms in total. The summed E-state index contributed by atoms with van der Waals surface area (Å²) in [7, 11) is 0. The van der Waals surface area contributed by atoms with E-state index in [0.717, 1.165) is 0 Å². The molecule has 0 unspecified atom stereocenters. The van der Waals surface area contributed by atoms with Gasteiger partial charge in [0.2, 0.25) is 5.89 Å². The van der Waals surface area contributed by atoms with Crippen LogP contribution in [-0.4, -0.2) is 16.7 Å². The van der Waals surface area contributed by atoms with E-state index in [9.17, 15) is 0 Å². The molecule has 0 saturated carbocycles. The van der Waals surface area contributed by atoms with Gasteiger partial charge in [-0.05, 0) is 12.1 Å². The molecule has 0 aliphatic heterocycles. The quantitative estimate of drug-likeness (QED) is 0.790. The topological polar surface area (TPSA) is 74.2 Å². The molecule has 1 aromatic carbocycles. The van der Waals surface area contributed by atoms with Gasteiger partial charge in [-0.3, -0.25) is 0 Å². The van der Waals surface area contributed by atoms with Gasteiger partial charge in [0.25, 0.3) is 0 Å². The molecular formula is C11H13N3O2. The monoisotopic (exact) mass is 219 g/mol. The minimum Gasteiger partial charge on any atom is -0.491 e. The highest BCUT2D eigenvalue weighted by molar-refractivity contribution is 5.51. The molecule has 0 atom stereocenters. The fraction of sp³-hybridized carbons (Fsp3) is 0.273. The number of aromatic nitrogens is 2. The molecule has 1 heterocycles. The molecule has 16 heavy (non-hydrogen) atoms. The van der Waals surface area contributed by atoms with Crippen LogP contribution in [0.4, 0.5) is 5.69 Å². The van der Waals surface area contributed by atoms with Crippen LogP contribution in [0.25, 0.3) is 0 Å². The number of anilines is 1. The number of hydrogen-bond donors (Lipinski definition) is 1. The van der Waals surface area contributed by atoms with Crippen LogP contribution in [0.1, 0.15) is 11.7 Å². The van der Waals surface area contributed by atoms with Gasteiger partial charge in [-0.25, -0.2) is 0 Å². The molecule has 0 saturated heterocycles. The van der Waals surface area contributed by atoms with Gasteiger partial charge < -0.3 is 15.0 Å². The summed E-state index contributed by atoms with van der Waals surface area (Å²) < 4.78 is 10.4. The smallest absolute Gasteiger partial charge is 0.223 e. The number of nitrogens with zero attached hydrogens (tertiary/aromatic N) is 2. The Balaban J connectivity index is 1.87. The highest BCUT2D eigenvalue weighted by Crippen LogP contribution is 2.19. The predicted molar refractivity (Wildman–Crippen MR) is 59.1 cm³/mol. The van der Waals surface area contributed by atoms with Crippen molar-refractivity contribution in [3.8, 4) is 5.75 Å². The second kappa shape index (κ2) is 4.65. The Bertz CT molecular complexity index is 468. The third-order valence-corrected chi connectivity index (χ3v) is 2.07. The molecule has 2 aromatic rings. The Kier molecular flexibility index (Phi) is 3.05. The van der Waals surface area contributed by atoms with Crippen LogP contribution in [-0.2, 0) is 6.42 Å². The summed E-state index contributed by atoms with van der Waals surface area (Å²) in [6, 6.07) is 7.37. The van der Waals surface area contributed by atoms with Crippen molar-refractivity contribution in [3.05, 3.63) is 36.0 Å². The molecule has 0 aliphatic carbocycles. The zero-order valence-electron chi connectivity index (χ0n) is 9.01. The first-order valence-electron chi connectivity index (χ1n) is 5.02. The van der Waals surface area contributed by atoms with Crippen molar-refractivity contribution >= 4 is 5.69 Å². The Hall–Kier alpha value is -2.04. The number of rotatable bonds is 4. The Morgan fingerprint density at radius 1 is 1.38 bits per heavy atom. The number of nitrogens with two attached hydrogens (primary N) is 1. The molecule has 0 fully saturated rings. The molecule has 84 valence electrons. The normalized spacial score (nSPS) is 10.3. The average Bonchev–Trinajstić information content (AvgIpc) is 2.67. The lowest BCUT2D eigenvalue weighted by atomic mass is 10.3. The number of para-hydroxylation sites is 2. The third-order valence-electron chi connectivity index (χ3n) is 2.07. The van der Waals surface area contributed by atoms with Crippen molar-refractivity contribution in [2.75, 3.05) is 12.3 Å².